The van der Waals surface area contributed by atoms with Crippen molar-refractivity contribution in [1.29, 1.82) is 0 Å². The van der Waals surface area contributed by atoms with E-state index in [2.05, 4.69) is 29.1 Å². The van der Waals surface area contributed by atoms with Gasteiger partial charge in [0.2, 0.25) is 5.88 Å². The van der Waals surface area contributed by atoms with Crippen LogP contribution in [0.25, 0.3) is 11.4 Å². The number of rotatable bonds is 7. The predicted molar refractivity (Wildman–Crippen MR) is 113 cm³/mol. The summed E-state index contributed by atoms with van der Waals surface area (Å²) in [5, 5.41) is 2.98. The molecule has 0 unspecified atom stereocenters. The monoisotopic (exact) mass is 387 g/mol. The van der Waals surface area contributed by atoms with Gasteiger partial charge >= 0.3 is 0 Å². The van der Waals surface area contributed by atoms with Crippen molar-refractivity contribution in [2.45, 2.75) is 32.6 Å². The van der Waals surface area contributed by atoms with E-state index in [1.54, 1.807) is 6.20 Å². The molecule has 4 rings (SSSR count). The third kappa shape index (κ3) is 4.62. The number of benzene rings is 2. The minimum absolute atomic E-state index is 0.200. The molecule has 0 atom stereocenters. The molecule has 1 N–H and O–H groups in total. The molecule has 1 heterocycles. The van der Waals surface area contributed by atoms with Crippen LogP contribution in [0.15, 0.2) is 60.8 Å². The molecule has 1 fully saturated rings. The van der Waals surface area contributed by atoms with Crippen LogP contribution >= 0.6 is 0 Å². The summed E-state index contributed by atoms with van der Waals surface area (Å²) in [6.45, 7) is 4.91. The topological polar surface area (TPSA) is 64.1 Å². The van der Waals surface area contributed by atoms with Crippen molar-refractivity contribution in [3.8, 4) is 23.0 Å². The number of carbonyl (C=O) groups excluding carboxylic acids is 1. The standard InChI is InChI=1S/C24H25N3O2/c1-16(2)19-10-6-7-11-21(19)29-24-20(23(28)26-14-17-12-13-17)15-25-22(27-24)18-8-4-3-5-9-18/h3-11,15-17H,12-14H2,1-2H3,(H,26,28). The van der Waals surface area contributed by atoms with Gasteiger partial charge in [0.15, 0.2) is 5.82 Å². The first-order valence-corrected chi connectivity index (χ1v) is 10.1. The molecule has 1 aliphatic rings. The Hall–Kier alpha value is -3.21. The molecular weight excluding hydrogens is 362 g/mol. The van der Waals surface area contributed by atoms with Crippen molar-refractivity contribution in [2.75, 3.05) is 6.54 Å². The van der Waals surface area contributed by atoms with Crippen LogP contribution in [0, 0.1) is 5.92 Å². The van der Waals surface area contributed by atoms with Crippen LogP contribution in [0.4, 0.5) is 0 Å². The Morgan fingerprint density at radius 3 is 2.55 bits per heavy atom. The summed E-state index contributed by atoms with van der Waals surface area (Å²) in [6.07, 6.45) is 3.91. The van der Waals surface area contributed by atoms with Gasteiger partial charge in [-0.15, -0.1) is 0 Å². The Balaban J connectivity index is 1.70. The van der Waals surface area contributed by atoms with E-state index in [-0.39, 0.29) is 17.7 Å². The van der Waals surface area contributed by atoms with Crippen LogP contribution in [0.1, 0.15) is 48.5 Å². The van der Waals surface area contributed by atoms with Crippen LogP contribution in [0.2, 0.25) is 0 Å². The molecule has 148 valence electrons. The molecule has 1 amide bonds. The molecule has 0 bridgehead atoms. The highest BCUT2D eigenvalue weighted by Crippen LogP contribution is 2.32. The van der Waals surface area contributed by atoms with Crippen LogP contribution in [-0.2, 0) is 0 Å². The van der Waals surface area contributed by atoms with Gasteiger partial charge < -0.3 is 10.1 Å². The second-order valence-corrected chi connectivity index (χ2v) is 7.73. The lowest BCUT2D eigenvalue weighted by Gasteiger charge is -2.15. The maximum atomic E-state index is 12.8. The fraction of sp³-hybridized carbons (Fsp3) is 0.292. The summed E-state index contributed by atoms with van der Waals surface area (Å²) in [5.74, 6) is 2.19. The van der Waals surface area contributed by atoms with Crippen molar-refractivity contribution < 1.29 is 9.53 Å². The van der Waals surface area contributed by atoms with Crippen molar-refractivity contribution in [2.24, 2.45) is 5.92 Å². The number of amides is 1. The summed E-state index contributed by atoms with van der Waals surface area (Å²) < 4.78 is 6.20. The predicted octanol–water partition coefficient (Wildman–Crippen LogP) is 5.20. The number of para-hydroxylation sites is 1. The molecule has 0 spiro atoms. The molecule has 1 aromatic heterocycles. The Morgan fingerprint density at radius 1 is 1.10 bits per heavy atom. The number of aromatic nitrogens is 2. The average Bonchev–Trinajstić information content (AvgIpc) is 3.57. The second-order valence-electron chi connectivity index (χ2n) is 7.73. The van der Waals surface area contributed by atoms with Gasteiger partial charge in [-0.05, 0) is 36.3 Å². The summed E-state index contributed by atoms with van der Waals surface area (Å²) in [4.78, 5) is 21.8. The van der Waals surface area contributed by atoms with Gasteiger partial charge in [0, 0.05) is 18.3 Å². The maximum Gasteiger partial charge on any atom is 0.258 e. The Labute approximate surface area is 171 Å². The van der Waals surface area contributed by atoms with Gasteiger partial charge in [-0.1, -0.05) is 62.4 Å². The summed E-state index contributed by atoms with van der Waals surface area (Å²) >= 11 is 0. The first-order chi connectivity index (χ1) is 14.1. The molecule has 5 heteroatoms. The van der Waals surface area contributed by atoms with Crippen molar-refractivity contribution >= 4 is 5.91 Å². The first-order valence-electron chi connectivity index (χ1n) is 10.1. The van der Waals surface area contributed by atoms with Gasteiger partial charge in [0.1, 0.15) is 11.3 Å². The molecule has 1 aliphatic carbocycles. The minimum Gasteiger partial charge on any atom is -0.438 e. The Morgan fingerprint density at radius 2 is 1.83 bits per heavy atom. The van der Waals surface area contributed by atoms with Gasteiger partial charge in [0.05, 0.1) is 0 Å². The van der Waals surface area contributed by atoms with Gasteiger partial charge in [-0.25, -0.2) is 4.98 Å². The Bertz CT molecular complexity index is 998. The van der Waals surface area contributed by atoms with E-state index >= 15 is 0 Å². The van der Waals surface area contributed by atoms with Crippen LogP contribution in [0.5, 0.6) is 11.6 Å². The molecule has 2 aromatic carbocycles. The fourth-order valence-corrected chi connectivity index (χ4v) is 3.13. The van der Waals surface area contributed by atoms with Gasteiger partial charge in [-0.3, -0.25) is 4.79 Å². The second kappa shape index (κ2) is 8.43. The lowest BCUT2D eigenvalue weighted by molar-refractivity contribution is 0.0948. The quantitative estimate of drug-likeness (QED) is 0.605. The van der Waals surface area contributed by atoms with Gasteiger partial charge in [-0.2, -0.15) is 4.98 Å². The molecule has 3 aromatic rings. The maximum absolute atomic E-state index is 12.8. The van der Waals surface area contributed by atoms with Crippen molar-refractivity contribution in [1.82, 2.24) is 15.3 Å². The minimum atomic E-state index is -0.200. The Kier molecular flexibility index (Phi) is 5.56. The molecule has 0 radical (unpaired) electrons. The third-order valence-corrected chi connectivity index (χ3v) is 5.03. The van der Waals surface area contributed by atoms with E-state index < -0.39 is 0 Å². The largest absolute Gasteiger partial charge is 0.438 e. The van der Waals surface area contributed by atoms with Crippen LogP contribution < -0.4 is 10.1 Å². The summed E-state index contributed by atoms with van der Waals surface area (Å²) in [7, 11) is 0. The normalized spacial score (nSPS) is 13.3. The number of ether oxygens (including phenoxy) is 1. The molecule has 0 aliphatic heterocycles. The SMILES string of the molecule is CC(C)c1ccccc1Oc1nc(-c2ccccc2)ncc1C(=O)NCC1CC1. The average molecular weight is 387 g/mol. The van der Waals surface area contributed by atoms with E-state index in [0.29, 0.717) is 29.6 Å². The number of nitrogens with one attached hydrogen (secondary N) is 1. The highest BCUT2D eigenvalue weighted by Gasteiger charge is 2.24. The molecule has 29 heavy (non-hydrogen) atoms. The lowest BCUT2D eigenvalue weighted by atomic mass is 10.0. The van der Waals surface area contributed by atoms with E-state index in [4.69, 9.17) is 4.74 Å². The first kappa shape index (κ1) is 19.1. The smallest absolute Gasteiger partial charge is 0.258 e. The van der Waals surface area contributed by atoms with E-state index in [9.17, 15) is 4.79 Å². The number of nitrogens with zero attached hydrogens (tertiary/aromatic N) is 2. The lowest BCUT2D eigenvalue weighted by Crippen LogP contribution is -2.26. The molecule has 1 saturated carbocycles. The molecule has 0 saturated heterocycles. The van der Waals surface area contributed by atoms with E-state index in [1.807, 2.05) is 54.6 Å². The zero-order valence-corrected chi connectivity index (χ0v) is 16.8. The van der Waals surface area contributed by atoms with Gasteiger partial charge in [0.25, 0.3) is 5.91 Å². The number of hydrogen-bond donors (Lipinski definition) is 1. The van der Waals surface area contributed by atoms with Crippen LogP contribution in [-0.4, -0.2) is 22.4 Å². The zero-order chi connectivity index (χ0) is 20.2. The highest BCUT2D eigenvalue weighted by molar-refractivity contribution is 5.96. The molecular formula is C24H25N3O2. The van der Waals surface area contributed by atoms with E-state index in [0.717, 1.165) is 11.1 Å². The number of hydrogen-bond acceptors (Lipinski definition) is 4. The van der Waals surface area contributed by atoms with Crippen molar-refractivity contribution in [3.63, 3.8) is 0 Å². The van der Waals surface area contributed by atoms with Crippen molar-refractivity contribution in [3.05, 3.63) is 71.9 Å². The van der Waals surface area contributed by atoms with Crippen LogP contribution in [0.3, 0.4) is 0 Å². The number of carbonyl (C=O) groups is 1. The van der Waals surface area contributed by atoms with E-state index in [1.165, 1.54) is 12.8 Å². The summed E-state index contributed by atoms with van der Waals surface area (Å²) in [6, 6.07) is 17.5. The zero-order valence-electron chi connectivity index (χ0n) is 16.8. The highest BCUT2D eigenvalue weighted by atomic mass is 16.5. The third-order valence-electron chi connectivity index (χ3n) is 5.03. The molecule has 5 nitrogen and oxygen atoms in total. The summed E-state index contributed by atoms with van der Waals surface area (Å²) in [5.41, 5.74) is 2.29. The fourth-order valence-electron chi connectivity index (χ4n) is 3.13.